The third-order valence-electron chi connectivity index (χ3n) is 4.63. The molecule has 0 radical (unpaired) electrons. The highest BCUT2D eigenvalue weighted by Crippen LogP contribution is 2.40. The van der Waals surface area contributed by atoms with E-state index in [9.17, 15) is 4.79 Å². The van der Waals surface area contributed by atoms with Crippen LogP contribution < -0.4 is 5.32 Å². The van der Waals surface area contributed by atoms with Crippen LogP contribution in [0.3, 0.4) is 0 Å². The van der Waals surface area contributed by atoms with Gasteiger partial charge in [0.1, 0.15) is 0 Å². The van der Waals surface area contributed by atoms with Gasteiger partial charge in [-0.3, -0.25) is 4.79 Å². The standard InChI is InChI=1S/C24H37NO/c1-18(14-15-21-20(3)13-10-16-24(21,7)8)11-9-12-19(2)17-22(26)25-23(4,5)6/h9,11-12,14-15,17H,10,13,16H2,1-8H3,(H,25,26)/b12-9+,15-14+,18-11+,19-17+. The smallest absolute Gasteiger partial charge is 0.244 e. The van der Waals surface area contributed by atoms with Gasteiger partial charge >= 0.3 is 0 Å². The van der Waals surface area contributed by atoms with Crippen LogP contribution in [0.5, 0.6) is 0 Å². The van der Waals surface area contributed by atoms with Crippen molar-refractivity contribution in [2.24, 2.45) is 5.41 Å². The highest BCUT2D eigenvalue weighted by molar-refractivity contribution is 5.89. The third-order valence-corrected chi connectivity index (χ3v) is 4.63. The first-order chi connectivity index (χ1) is 11.9. The summed E-state index contributed by atoms with van der Waals surface area (Å²) in [4.78, 5) is 11.9. The van der Waals surface area contributed by atoms with Crippen molar-refractivity contribution in [3.8, 4) is 0 Å². The molecular weight excluding hydrogens is 318 g/mol. The van der Waals surface area contributed by atoms with Gasteiger partial charge in [-0.25, -0.2) is 0 Å². The normalized spacial score (nSPS) is 19.5. The van der Waals surface area contributed by atoms with Gasteiger partial charge < -0.3 is 5.32 Å². The second kappa shape index (κ2) is 9.21. The van der Waals surface area contributed by atoms with Gasteiger partial charge in [0, 0.05) is 11.6 Å². The summed E-state index contributed by atoms with van der Waals surface area (Å²) >= 11 is 0. The van der Waals surface area contributed by atoms with Crippen molar-refractivity contribution in [1.82, 2.24) is 5.32 Å². The van der Waals surface area contributed by atoms with Gasteiger partial charge in [0.05, 0.1) is 0 Å². The maximum absolute atomic E-state index is 11.9. The van der Waals surface area contributed by atoms with Crippen molar-refractivity contribution in [1.29, 1.82) is 0 Å². The first-order valence-corrected chi connectivity index (χ1v) is 9.64. The molecule has 0 heterocycles. The average molecular weight is 356 g/mol. The summed E-state index contributed by atoms with van der Waals surface area (Å²) < 4.78 is 0. The van der Waals surface area contributed by atoms with E-state index in [0.717, 1.165) is 5.57 Å². The number of rotatable bonds is 5. The Morgan fingerprint density at radius 3 is 2.35 bits per heavy atom. The van der Waals surface area contributed by atoms with Gasteiger partial charge in [-0.1, -0.05) is 55.4 Å². The van der Waals surface area contributed by atoms with Crippen LogP contribution in [0.15, 0.2) is 58.7 Å². The Kier molecular flexibility index (Phi) is 7.87. The minimum Gasteiger partial charge on any atom is -0.348 e. The topological polar surface area (TPSA) is 29.1 Å². The predicted molar refractivity (Wildman–Crippen MR) is 114 cm³/mol. The molecule has 1 N–H and O–H groups in total. The van der Waals surface area contributed by atoms with E-state index in [2.05, 4.69) is 51.2 Å². The SMILES string of the molecule is CC1=C(/C=C/C(C)=C/C=C/C(C)=C/C(=O)NC(C)(C)C)C(C)(C)CCC1. The molecular formula is C24H37NO. The minimum atomic E-state index is -0.210. The molecule has 2 nitrogen and oxygen atoms in total. The van der Waals surface area contributed by atoms with E-state index in [0.29, 0.717) is 0 Å². The fourth-order valence-corrected chi connectivity index (χ4v) is 3.29. The summed E-state index contributed by atoms with van der Waals surface area (Å²) in [6.07, 6.45) is 15.9. The number of hydrogen-bond donors (Lipinski definition) is 1. The fraction of sp³-hybridized carbons (Fsp3) is 0.542. The summed E-state index contributed by atoms with van der Waals surface area (Å²) in [5, 5.41) is 2.94. The number of hydrogen-bond acceptors (Lipinski definition) is 1. The summed E-state index contributed by atoms with van der Waals surface area (Å²) in [7, 11) is 0. The zero-order chi connectivity index (χ0) is 20.0. The molecule has 26 heavy (non-hydrogen) atoms. The molecule has 1 aliphatic rings. The van der Waals surface area contributed by atoms with E-state index in [1.165, 1.54) is 36.0 Å². The molecule has 1 amide bonds. The molecule has 0 spiro atoms. The van der Waals surface area contributed by atoms with Gasteiger partial charge in [0.25, 0.3) is 0 Å². The number of amides is 1. The highest BCUT2D eigenvalue weighted by atomic mass is 16.1. The number of allylic oxidation sites excluding steroid dienone is 9. The first-order valence-electron chi connectivity index (χ1n) is 9.64. The Labute approximate surface area is 160 Å². The van der Waals surface area contributed by atoms with Gasteiger partial charge in [0.2, 0.25) is 5.91 Å². The van der Waals surface area contributed by atoms with E-state index < -0.39 is 0 Å². The van der Waals surface area contributed by atoms with Crippen LogP contribution in [-0.2, 0) is 4.79 Å². The average Bonchev–Trinajstić information content (AvgIpc) is 2.43. The van der Waals surface area contributed by atoms with Crippen LogP contribution in [-0.4, -0.2) is 11.4 Å². The van der Waals surface area contributed by atoms with Gasteiger partial charge in [-0.05, 0) is 77.4 Å². The lowest BCUT2D eigenvalue weighted by Gasteiger charge is -2.32. The molecule has 2 heteroatoms. The summed E-state index contributed by atoms with van der Waals surface area (Å²) in [6.45, 7) is 16.9. The molecule has 0 bridgehead atoms. The summed E-state index contributed by atoms with van der Waals surface area (Å²) in [5.41, 5.74) is 5.20. The molecule has 0 unspecified atom stereocenters. The van der Waals surface area contributed by atoms with Crippen LogP contribution in [0.2, 0.25) is 0 Å². The van der Waals surface area contributed by atoms with E-state index in [1.54, 1.807) is 6.08 Å². The Bertz CT molecular complexity index is 661. The van der Waals surface area contributed by atoms with Crippen molar-refractivity contribution in [2.45, 2.75) is 80.2 Å². The molecule has 0 atom stereocenters. The lowest BCUT2D eigenvalue weighted by Crippen LogP contribution is -2.39. The molecule has 0 aromatic carbocycles. The Hall–Kier alpha value is -1.83. The fourth-order valence-electron chi connectivity index (χ4n) is 3.29. The zero-order valence-electron chi connectivity index (χ0n) is 18.0. The van der Waals surface area contributed by atoms with Crippen molar-refractivity contribution in [3.63, 3.8) is 0 Å². The third kappa shape index (κ3) is 8.03. The van der Waals surface area contributed by atoms with E-state index in [-0.39, 0.29) is 16.9 Å². The quantitative estimate of drug-likeness (QED) is 0.446. The molecule has 1 aliphatic carbocycles. The van der Waals surface area contributed by atoms with E-state index in [4.69, 9.17) is 0 Å². The Morgan fingerprint density at radius 1 is 1.12 bits per heavy atom. The molecule has 0 saturated heterocycles. The van der Waals surface area contributed by atoms with E-state index in [1.807, 2.05) is 39.8 Å². The first kappa shape index (κ1) is 22.2. The largest absolute Gasteiger partial charge is 0.348 e. The predicted octanol–water partition coefficient (Wildman–Crippen LogP) is 6.43. The van der Waals surface area contributed by atoms with Crippen molar-refractivity contribution in [2.75, 3.05) is 0 Å². The highest BCUT2D eigenvalue weighted by Gasteiger charge is 2.26. The maximum atomic E-state index is 11.9. The van der Waals surface area contributed by atoms with Crippen LogP contribution in [0.1, 0.15) is 74.7 Å². The van der Waals surface area contributed by atoms with Crippen LogP contribution >= 0.6 is 0 Å². The second-order valence-corrected chi connectivity index (χ2v) is 9.16. The molecule has 0 aromatic rings. The molecule has 1 rings (SSSR count). The number of carbonyl (C=O) groups is 1. The van der Waals surface area contributed by atoms with Crippen molar-refractivity contribution < 1.29 is 4.79 Å². The number of nitrogens with one attached hydrogen (secondary N) is 1. The Balaban J connectivity index is 2.73. The zero-order valence-corrected chi connectivity index (χ0v) is 18.0. The molecule has 0 aliphatic heterocycles. The minimum absolute atomic E-state index is 0.0535. The number of carbonyl (C=O) groups excluding carboxylic acids is 1. The van der Waals surface area contributed by atoms with E-state index >= 15 is 0 Å². The second-order valence-electron chi connectivity index (χ2n) is 9.16. The summed E-state index contributed by atoms with van der Waals surface area (Å²) in [6, 6.07) is 0. The van der Waals surface area contributed by atoms with Gasteiger partial charge in [-0.2, -0.15) is 0 Å². The Morgan fingerprint density at radius 2 is 1.77 bits per heavy atom. The van der Waals surface area contributed by atoms with Gasteiger partial charge in [-0.15, -0.1) is 0 Å². The van der Waals surface area contributed by atoms with Gasteiger partial charge in [0.15, 0.2) is 0 Å². The molecule has 0 saturated carbocycles. The molecule has 0 aromatic heterocycles. The summed E-state index contributed by atoms with van der Waals surface area (Å²) in [5.74, 6) is -0.0535. The van der Waals surface area contributed by atoms with Crippen LogP contribution in [0.4, 0.5) is 0 Å². The van der Waals surface area contributed by atoms with Crippen molar-refractivity contribution in [3.05, 3.63) is 58.7 Å². The monoisotopic (exact) mass is 355 g/mol. The maximum Gasteiger partial charge on any atom is 0.244 e. The molecule has 0 fully saturated rings. The lowest BCUT2D eigenvalue weighted by molar-refractivity contribution is -0.117. The lowest BCUT2D eigenvalue weighted by atomic mass is 9.72. The van der Waals surface area contributed by atoms with Crippen LogP contribution in [0.25, 0.3) is 0 Å². The molecule has 144 valence electrons. The van der Waals surface area contributed by atoms with Crippen LogP contribution in [0, 0.1) is 5.41 Å². The van der Waals surface area contributed by atoms with Crippen molar-refractivity contribution >= 4 is 5.91 Å².